The first kappa shape index (κ1) is 13.1. The smallest absolute Gasteiger partial charge is 0.166 e. The van der Waals surface area contributed by atoms with Crippen LogP contribution in [0.1, 0.15) is 29.7 Å². The summed E-state index contributed by atoms with van der Waals surface area (Å²) in [5.74, 6) is 0. The minimum Gasteiger partial charge on any atom is -0.166 e. The molecule has 0 N–H and O–H groups in total. The summed E-state index contributed by atoms with van der Waals surface area (Å²) >= 11 is 0. The molecule has 0 spiro atoms. The van der Waals surface area contributed by atoms with E-state index >= 15 is 0 Å². The van der Waals surface area contributed by atoms with Crippen molar-refractivity contribution in [1.29, 1.82) is 0 Å². The number of aromatic nitrogens is 2. The Hall–Kier alpha value is -1.91. The fourth-order valence-corrected chi connectivity index (χ4v) is 2.49. The van der Waals surface area contributed by atoms with Crippen molar-refractivity contribution in [3.05, 3.63) is 47.2 Å². The van der Waals surface area contributed by atoms with Gasteiger partial charge in [-0.15, -0.1) is 0 Å². The fourth-order valence-electron chi connectivity index (χ4n) is 2.49. The van der Waals surface area contributed by atoms with Crippen molar-refractivity contribution >= 4 is 0 Å². The maximum Gasteiger partial charge on any atom is 0.416 e. The molecule has 1 heterocycles. The monoisotopic (exact) mass is 278 g/mol. The first-order chi connectivity index (χ1) is 9.54. The number of halogens is 3. The third-order valence-electron chi connectivity index (χ3n) is 3.56. The van der Waals surface area contributed by atoms with Crippen molar-refractivity contribution in [2.75, 3.05) is 0 Å². The van der Waals surface area contributed by atoms with Crippen molar-refractivity contribution in [3.8, 4) is 11.3 Å². The number of alkyl halides is 3. The number of benzene rings is 1. The topological polar surface area (TPSA) is 25.8 Å². The van der Waals surface area contributed by atoms with Crippen molar-refractivity contribution in [2.45, 2.75) is 31.9 Å². The molecule has 1 aromatic heterocycles. The lowest BCUT2D eigenvalue weighted by atomic mass is 9.95. The minimum absolute atomic E-state index is 0.459. The zero-order valence-electron chi connectivity index (χ0n) is 10.7. The quantitative estimate of drug-likeness (QED) is 0.786. The Kier molecular flexibility index (Phi) is 3.20. The van der Waals surface area contributed by atoms with Gasteiger partial charge in [-0.2, -0.15) is 23.4 Å². The highest BCUT2D eigenvalue weighted by molar-refractivity contribution is 5.60. The van der Waals surface area contributed by atoms with Crippen LogP contribution in [0.3, 0.4) is 0 Å². The van der Waals surface area contributed by atoms with Gasteiger partial charge in [-0.3, -0.25) is 0 Å². The van der Waals surface area contributed by atoms with Crippen LogP contribution < -0.4 is 0 Å². The molecule has 1 aromatic carbocycles. The summed E-state index contributed by atoms with van der Waals surface area (Å²) in [6, 6.07) is 7.10. The van der Waals surface area contributed by atoms with E-state index in [1.165, 1.54) is 6.07 Å². The van der Waals surface area contributed by atoms with Crippen LogP contribution in [0.4, 0.5) is 13.2 Å². The lowest BCUT2D eigenvalue weighted by Crippen LogP contribution is -2.08. The summed E-state index contributed by atoms with van der Waals surface area (Å²) in [5, 5.41) is 8.22. The highest BCUT2D eigenvalue weighted by Gasteiger charge is 2.30. The van der Waals surface area contributed by atoms with Crippen molar-refractivity contribution in [1.82, 2.24) is 10.2 Å². The summed E-state index contributed by atoms with van der Waals surface area (Å²) < 4.78 is 38.2. The van der Waals surface area contributed by atoms with Crippen LogP contribution in [0.15, 0.2) is 30.3 Å². The van der Waals surface area contributed by atoms with Gasteiger partial charge in [0.2, 0.25) is 0 Å². The van der Waals surface area contributed by atoms with Crippen molar-refractivity contribution < 1.29 is 13.2 Å². The average Bonchev–Trinajstić information content (AvgIpc) is 2.46. The van der Waals surface area contributed by atoms with Crippen LogP contribution in [0.2, 0.25) is 0 Å². The molecule has 0 saturated carbocycles. The van der Waals surface area contributed by atoms with E-state index in [9.17, 15) is 13.2 Å². The SMILES string of the molecule is FC(F)(F)c1cccc(-c2cc3c(nn2)CCCC3)c1. The predicted molar refractivity (Wildman–Crippen MR) is 69.1 cm³/mol. The molecule has 1 aliphatic rings. The van der Waals surface area contributed by atoms with Gasteiger partial charge in [0.15, 0.2) is 0 Å². The molecule has 0 radical (unpaired) electrons. The Bertz CT molecular complexity index is 635. The molecule has 5 heteroatoms. The Balaban J connectivity index is 2.01. The standard InChI is InChI=1S/C15H13F3N2/c16-15(17,18)12-6-3-5-10(8-12)14-9-11-4-1-2-7-13(11)19-20-14/h3,5-6,8-9H,1-2,4,7H2. The number of aryl methyl sites for hydroxylation is 2. The lowest BCUT2D eigenvalue weighted by Gasteiger charge is -2.15. The molecule has 1 aliphatic carbocycles. The van der Waals surface area contributed by atoms with Gasteiger partial charge in [-0.25, -0.2) is 0 Å². The Labute approximate surface area is 114 Å². The number of nitrogens with zero attached hydrogens (tertiary/aromatic N) is 2. The second-order valence-corrected chi connectivity index (χ2v) is 4.99. The van der Waals surface area contributed by atoms with Crippen LogP contribution in [-0.4, -0.2) is 10.2 Å². The molecule has 0 atom stereocenters. The molecule has 2 nitrogen and oxygen atoms in total. The molecule has 2 aromatic rings. The molecule has 0 fully saturated rings. The fraction of sp³-hybridized carbons (Fsp3) is 0.333. The van der Waals surface area contributed by atoms with Gasteiger partial charge < -0.3 is 0 Å². The van der Waals surface area contributed by atoms with E-state index in [1.807, 2.05) is 6.07 Å². The van der Waals surface area contributed by atoms with Crippen LogP contribution in [0, 0.1) is 0 Å². The molecule has 0 amide bonds. The summed E-state index contributed by atoms with van der Waals surface area (Å²) in [6.45, 7) is 0. The highest BCUT2D eigenvalue weighted by Crippen LogP contribution is 2.32. The van der Waals surface area contributed by atoms with Gasteiger partial charge in [0.05, 0.1) is 17.0 Å². The maximum absolute atomic E-state index is 12.7. The number of fused-ring (bicyclic) bond motifs is 1. The summed E-state index contributed by atoms with van der Waals surface area (Å²) in [5.41, 5.74) is 2.40. The van der Waals surface area contributed by atoms with Gasteiger partial charge in [-0.05, 0) is 49.4 Å². The second kappa shape index (κ2) is 4.89. The van der Waals surface area contributed by atoms with E-state index in [1.54, 1.807) is 6.07 Å². The van der Waals surface area contributed by atoms with E-state index in [0.29, 0.717) is 11.3 Å². The van der Waals surface area contributed by atoms with E-state index in [2.05, 4.69) is 10.2 Å². The van der Waals surface area contributed by atoms with E-state index in [-0.39, 0.29) is 0 Å². The van der Waals surface area contributed by atoms with Crippen LogP contribution >= 0.6 is 0 Å². The molecule has 0 unspecified atom stereocenters. The largest absolute Gasteiger partial charge is 0.416 e. The molecule has 0 bridgehead atoms. The highest BCUT2D eigenvalue weighted by atomic mass is 19.4. The van der Waals surface area contributed by atoms with E-state index in [0.717, 1.165) is 49.1 Å². The van der Waals surface area contributed by atoms with Crippen molar-refractivity contribution in [3.63, 3.8) is 0 Å². The van der Waals surface area contributed by atoms with Gasteiger partial charge >= 0.3 is 6.18 Å². The number of hydrogen-bond donors (Lipinski definition) is 0. The van der Waals surface area contributed by atoms with Gasteiger partial charge in [-0.1, -0.05) is 12.1 Å². The molecular formula is C15H13F3N2. The summed E-state index contributed by atoms with van der Waals surface area (Å²) in [6.07, 6.45) is -0.301. The van der Waals surface area contributed by atoms with Crippen LogP contribution in [-0.2, 0) is 19.0 Å². The Morgan fingerprint density at radius 2 is 1.75 bits per heavy atom. The van der Waals surface area contributed by atoms with Gasteiger partial charge in [0.1, 0.15) is 0 Å². The Morgan fingerprint density at radius 1 is 0.950 bits per heavy atom. The second-order valence-electron chi connectivity index (χ2n) is 4.99. The minimum atomic E-state index is -4.34. The molecule has 3 rings (SSSR count). The molecular weight excluding hydrogens is 265 g/mol. The Morgan fingerprint density at radius 3 is 2.55 bits per heavy atom. The zero-order valence-corrected chi connectivity index (χ0v) is 10.7. The zero-order chi connectivity index (χ0) is 14.2. The predicted octanol–water partition coefficient (Wildman–Crippen LogP) is 4.04. The van der Waals surface area contributed by atoms with Crippen LogP contribution in [0.25, 0.3) is 11.3 Å². The van der Waals surface area contributed by atoms with E-state index in [4.69, 9.17) is 0 Å². The lowest BCUT2D eigenvalue weighted by molar-refractivity contribution is -0.137. The normalized spacial score (nSPS) is 14.9. The first-order valence-electron chi connectivity index (χ1n) is 6.57. The molecule has 20 heavy (non-hydrogen) atoms. The van der Waals surface area contributed by atoms with E-state index < -0.39 is 11.7 Å². The van der Waals surface area contributed by atoms with Gasteiger partial charge in [0.25, 0.3) is 0 Å². The molecule has 0 aliphatic heterocycles. The number of rotatable bonds is 1. The molecule has 104 valence electrons. The third kappa shape index (κ3) is 2.53. The molecule has 0 saturated heterocycles. The average molecular weight is 278 g/mol. The third-order valence-corrected chi connectivity index (χ3v) is 3.56. The summed E-state index contributed by atoms with van der Waals surface area (Å²) in [7, 11) is 0. The summed E-state index contributed by atoms with van der Waals surface area (Å²) in [4.78, 5) is 0. The van der Waals surface area contributed by atoms with Gasteiger partial charge in [0, 0.05) is 5.56 Å². The number of hydrogen-bond acceptors (Lipinski definition) is 2. The van der Waals surface area contributed by atoms with Crippen molar-refractivity contribution in [2.24, 2.45) is 0 Å². The maximum atomic E-state index is 12.7. The van der Waals surface area contributed by atoms with Crippen LogP contribution in [0.5, 0.6) is 0 Å². The first-order valence-corrected chi connectivity index (χ1v) is 6.57.